The maximum Gasteiger partial charge on any atom is 0.298 e. The molecule has 0 saturated heterocycles. The Labute approximate surface area is 75.2 Å². The van der Waals surface area contributed by atoms with E-state index in [9.17, 15) is 8.42 Å². The lowest BCUT2D eigenvalue weighted by atomic mass is 10.2. The van der Waals surface area contributed by atoms with Crippen molar-refractivity contribution in [2.45, 2.75) is 18.7 Å². The minimum Gasteiger partial charge on any atom is -0.455 e. The third-order valence-electron chi connectivity index (χ3n) is 2.08. The molecule has 13 heavy (non-hydrogen) atoms. The van der Waals surface area contributed by atoms with Crippen LogP contribution in [0.25, 0.3) is 11.2 Å². The molecule has 0 aliphatic rings. The van der Waals surface area contributed by atoms with Gasteiger partial charge in [0.2, 0.25) is 0 Å². The quantitative estimate of drug-likeness (QED) is 0.712. The molecule has 0 fully saturated rings. The average Bonchev–Trinajstić information content (AvgIpc) is 2.40. The van der Waals surface area contributed by atoms with Gasteiger partial charge in [-0.05, 0) is 25.5 Å². The number of hydrogen-bond acceptors (Lipinski definition) is 3. The van der Waals surface area contributed by atoms with E-state index in [-0.39, 0.29) is 10.5 Å². The first-order valence-corrected chi connectivity index (χ1v) is 5.15. The molecule has 2 aromatic heterocycles. The first kappa shape index (κ1) is 8.52. The molecule has 0 aromatic carbocycles. The van der Waals surface area contributed by atoms with Crippen LogP contribution in [0.1, 0.15) is 11.1 Å². The molecule has 2 aromatic rings. The lowest BCUT2D eigenvalue weighted by molar-refractivity contribution is 0.483. The molecule has 0 unspecified atom stereocenters. The summed E-state index contributed by atoms with van der Waals surface area (Å²) in [6, 6.07) is 1.60. The topological polar surface area (TPSA) is 67.5 Å². The number of hydrogen-bond donors (Lipinski definition) is 1. The summed E-state index contributed by atoms with van der Waals surface area (Å²) >= 11 is 0. The van der Waals surface area contributed by atoms with E-state index < -0.39 is 10.1 Å². The maximum atomic E-state index is 10.9. The second-order valence-corrected chi connectivity index (χ2v) is 4.41. The van der Waals surface area contributed by atoms with E-state index in [1.54, 1.807) is 13.0 Å². The van der Waals surface area contributed by atoms with E-state index in [2.05, 4.69) is 0 Å². The van der Waals surface area contributed by atoms with Gasteiger partial charge in [-0.2, -0.15) is 8.42 Å². The first-order chi connectivity index (χ1) is 5.91. The van der Waals surface area contributed by atoms with Gasteiger partial charge in [-0.1, -0.05) is 0 Å². The minimum absolute atomic E-state index is 0.104. The predicted octanol–water partition coefficient (Wildman–Crippen LogP) is 1.73. The molecule has 0 aliphatic heterocycles. The molecule has 0 aliphatic carbocycles. The number of rotatable bonds is 1. The normalized spacial score (nSPS) is 12.8. The summed E-state index contributed by atoms with van der Waals surface area (Å²) < 4.78 is 35.8. The van der Waals surface area contributed by atoms with Crippen LogP contribution in [0.2, 0.25) is 0 Å². The van der Waals surface area contributed by atoms with Crippen molar-refractivity contribution in [1.82, 2.24) is 0 Å². The standard InChI is InChI=1S/C8H8O4S/c1-4-3-6-8(13(9,10)11)5(2)7(4)12-6/h3H,1-2H3,(H,9,10,11). The Hall–Kier alpha value is -1.07. The molecule has 1 N–H and O–H groups in total. The largest absolute Gasteiger partial charge is 0.455 e. The van der Waals surface area contributed by atoms with Gasteiger partial charge < -0.3 is 4.42 Å². The van der Waals surface area contributed by atoms with Crippen molar-refractivity contribution in [3.63, 3.8) is 0 Å². The van der Waals surface area contributed by atoms with Crippen LogP contribution in [0, 0.1) is 13.8 Å². The Balaban J connectivity index is 2.90. The molecule has 0 atom stereocenters. The third kappa shape index (κ3) is 1.04. The van der Waals surface area contributed by atoms with E-state index in [1.165, 1.54) is 0 Å². The second-order valence-electron chi connectivity index (χ2n) is 3.05. The fraction of sp³-hybridized carbons (Fsp3) is 0.250. The van der Waals surface area contributed by atoms with Crippen molar-refractivity contribution in [3.8, 4) is 0 Å². The smallest absolute Gasteiger partial charge is 0.298 e. The highest BCUT2D eigenvalue weighted by atomic mass is 32.2. The van der Waals surface area contributed by atoms with Crippen LogP contribution >= 0.6 is 0 Å². The van der Waals surface area contributed by atoms with Crippen molar-refractivity contribution in [1.29, 1.82) is 0 Å². The highest BCUT2D eigenvalue weighted by Gasteiger charge is 2.24. The summed E-state index contributed by atoms with van der Waals surface area (Å²) in [5.41, 5.74) is 2.15. The number of benzene rings is 1. The minimum atomic E-state index is -4.15. The maximum absolute atomic E-state index is 10.9. The molecular formula is C8H8O4S. The molecule has 0 amide bonds. The van der Waals surface area contributed by atoms with Crippen LogP contribution < -0.4 is 0 Å². The fourth-order valence-electron chi connectivity index (χ4n) is 1.57. The zero-order valence-corrected chi connectivity index (χ0v) is 7.97. The van der Waals surface area contributed by atoms with Gasteiger partial charge in [0.1, 0.15) is 16.1 Å². The van der Waals surface area contributed by atoms with Crippen LogP contribution in [-0.4, -0.2) is 13.0 Å². The highest BCUT2D eigenvalue weighted by molar-refractivity contribution is 7.86. The van der Waals surface area contributed by atoms with Gasteiger partial charge in [0.05, 0.1) is 0 Å². The zero-order valence-electron chi connectivity index (χ0n) is 7.16. The molecule has 0 saturated carbocycles. The van der Waals surface area contributed by atoms with Gasteiger partial charge >= 0.3 is 0 Å². The fourth-order valence-corrected chi connectivity index (χ4v) is 2.41. The summed E-state index contributed by atoms with van der Waals surface area (Å²) in [6.45, 7) is 3.44. The van der Waals surface area contributed by atoms with Gasteiger partial charge in [-0.25, -0.2) is 0 Å². The Morgan fingerprint density at radius 1 is 1.38 bits per heavy atom. The molecule has 0 radical (unpaired) electrons. The highest BCUT2D eigenvalue weighted by Crippen LogP contribution is 2.34. The predicted molar refractivity (Wildman–Crippen MR) is 46.7 cm³/mol. The van der Waals surface area contributed by atoms with Crippen molar-refractivity contribution < 1.29 is 17.4 Å². The van der Waals surface area contributed by atoms with Gasteiger partial charge in [0.15, 0.2) is 0 Å². The molecule has 2 bridgehead atoms. The Bertz CT molecular complexity index is 549. The van der Waals surface area contributed by atoms with Crippen LogP contribution in [0.4, 0.5) is 0 Å². The van der Waals surface area contributed by atoms with Gasteiger partial charge in [-0.3, -0.25) is 4.55 Å². The summed E-state index contributed by atoms with van der Waals surface area (Å²) in [6.07, 6.45) is 0. The molecule has 70 valence electrons. The van der Waals surface area contributed by atoms with Gasteiger partial charge in [-0.15, -0.1) is 0 Å². The first-order valence-electron chi connectivity index (χ1n) is 3.71. The van der Waals surface area contributed by atoms with E-state index >= 15 is 0 Å². The Kier molecular flexibility index (Phi) is 1.47. The van der Waals surface area contributed by atoms with E-state index in [0.29, 0.717) is 11.1 Å². The Morgan fingerprint density at radius 3 is 2.38 bits per heavy atom. The molecular weight excluding hydrogens is 192 g/mol. The molecule has 4 nitrogen and oxygen atoms in total. The third-order valence-corrected chi connectivity index (χ3v) is 3.10. The van der Waals surface area contributed by atoms with Crippen LogP contribution in [0.5, 0.6) is 0 Å². The van der Waals surface area contributed by atoms with E-state index in [4.69, 9.17) is 8.97 Å². The van der Waals surface area contributed by atoms with Crippen LogP contribution in [-0.2, 0) is 10.1 Å². The Morgan fingerprint density at radius 2 is 2.00 bits per heavy atom. The zero-order chi connectivity index (χ0) is 9.80. The second kappa shape index (κ2) is 2.24. The lowest BCUT2D eigenvalue weighted by Crippen LogP contribution is -1.99. The SMILES string of the molecule is Cc1cc2oc1c(C)c2S(=O)(=O)O. The average molecular weight is 200 g/mol. The van der Waals surface area contributed by atoms with Crippen LogP contribution in [0.15, 0.2) is 15.4 Å². The van der Waals surface area contributed by atoms with E-state index in [1.807, 2.05) is 6.92 Å². The lowest BCUT2D eigenvalue weighted by Gasteiger charge is -1.96. The summed E-state index contributed by atoms with van der Waals surface area (Å²) in [4.78, 5) is -0.104. The number of fused-ring (bicyclic) bond motifs is 2. The summed E-state index contributed by atoms with van der Waals surface area (Å²) in [5.74, 6) is 0. The number of furan rings is 2. The van der Waals surface area contributed by atoms with Crippen LogP contribution in [0.3, 0.4) is 0 Å². The summed E-state index contributed by atoms with van der Waals surface area (Å²) in [5, 5.41) is 0. The molecule has 5 heteroatoms. The van der Waals surface area contributed by atoms with Crippen molar-refractivity contribution >= 4 is 21.3 Å². The van der Waals surface area contributed by atoms with Crippen molar-refractivity contribution in [2.75, 3.05) is 0 Å². The van der Waals surface area contributed by atoms with Crippen molar-refractivity contribution in [2.24, 2.45) is 0 Å². The van der Waals surface area contributed by atoms with Gasteiger partial charge in [0, 0.05) is 5.56 Å². The molecule has 0 spiro atoms. The van der Waals surface area contributed by atoms with Gasteiger partial charge in [0.25, 0.3) is 10.1 Å². The van der Waals surface area contributed by atoms with E-state index in [0.717, 1.165) is 5.56 Å². The monoisotopic (exact) mass is 200 g/mol. The summed E-state index contributed by atoms with van der Waals surface area (Å²) in [7, 11) is -4.15. The number of aryl methyl sites for hydroxylation is 2. The molecule has 2 rings (SSSR count). The molecule has 2 heterocycles. The van der Waals surface area contributed by atoms with Crippen molar-refractivity contribution in [3.05, 3.63) is 17.2 Å².